The van der Waals surface area contributed by atoms with Gasteiger partial charge in [-0.05, 0) is 32.0 Å². The predicted octanol–water partition coefficient (Wildman–Crippen LogP) is 2.60. The second-order valence-corrected chi connectivity index (χ2v) is 4.18. The first kappa shape index (κ1) is 9.39. The molecule has 2 aromatic rings. The van der Waals surface area contributed by atoms with Gasteiger partial charge in [0.2, 0.25) is 5.91 Å². The molecule has 0 bridgehead atoms. The van der Waals surface area contributed by atoms with Crippen LogP contribution < -0.4 is 5.32 Å². The lowest BCUT2D eigenvalue weighted by molar-refractivity contribution is -0.119. The lowest BCUT2D eigenvalue weighted by atomic mass is 10.1. The molecule has 1 aliphatic heterocycles. The van der Waals surface area contributed by atoms with Gasteiger partial charge in [-0.25, -0.2) is 4.39 Å². The molecule has 0 fully saturated rings. The highest BCUT2D eigenvalue weighted by atomic mass is 19.1. The van der Waals surface area contributed by atoms with Crippen molar-refractivity contribution in [2.24, 2.45) is 0 Å². The van der Waals surface area contributed by atoms with Crippen molar-refractivity contribution in [3.63, 3.8) is 0 Å². The molecule has 1 atom stereocenters. The molecule has 1 aromatic carbocycles. The highest BCUT2D eigenvalue weighted by molar-refractivity contribution is 6.06. The Labute approximate surface area is 91.9 Å². The summed E-state index contributed by atoms with van der Waals surface area (Å²) in [4.78, 5) is 11.7. The minimum atomic E-state index is -0.382. The van der Waals surface area contributed by atoms with Crippen LogP contribution in [0.25, 0.3) is 10.9 Å². The SMILES string of the molecule is Cc1cc2ccc(F)c3c2n1C(C)C(=O)N3. The predicted molar refractivity (Wildman–Crippen MR) is 60.0 cm³/mol. The molecule has 82 valence electrons. The molecular weight excluding hydrogens is 207 g/mol. The average Bonchev–Trinajstić information content (AvgIpc) is 2.57. The number of rotatable bonds is 0. The number of hydrogen-bond donors (Lipinski definition) is 1. The van der Waals surface area contributed by atoms with Gasteiger partial charge in [-0.2, -0.15) is 0 Å². The third-order valence-electron chi connectivity index (χ3n) is 3.16. The van der Waals surface area contributed by atoms with Crippen LogP contribution in [-0.2, 0) is 4.79 Å². The van der Waals surface area contributed by atoms with E-state index in [-0.39, 0.29) is 17.8 Å². The maximum absolute atomic E-state index is 13.6. The van der Waals surface area contributed by atoms with E-state index in [9.17, 15) is 9.18 Å². The second kappa shape index (κ2) is 2.84. The van der Waals surface area contributed by atoms with Gasteiger partial charge in [0.1, 0.15) is 17.5 Å². The fraction of sp³-hybridized carbons (Fsp3) is 0.250. The third-order valence-corrected chi connectivity index (χ3v) is 3.16. The normalized spacial score (nSPS) is 18.9. The van der Waals surface area contributed by atoms with Gasteiger partial charge in [0.25, 0.3) is 0 Å². The van der Waals surface area contributed by atoms with Gasteiger partial charge < -0.3 is 9.88 Å². The molecule has 0 radical (unpaired) electrons. The summed E-state index contributed by atoms with van der Waals surface area (Å²) in [5.41, 5.74) is 2.06. The minimum absolute atomic E-state index is 0.168. The van der Waals surface area contributed by atoms with Gasteiger partial charge in [-0.3, -0.25) is 4.79 Å². The van der Waals surface area contributed by atoms with Gasteiger partial charge >= 0.3 is 0 Å². The number of halogens is 1. The second-order valence-electron chi connectivity index (χ2n) is 4.18. The number of amides is 1. The molecule has 1 aromatic heterocycles. The van der Waals surface area contributed by atoms with E-state index in [0.717, 1.165) is 16.6 Å². The van der Waals surface area contributed by atoms with Crippen molar-refractivity contribution < 1.29 is 9.18 Å². The van der Waals surface area contributed by atoms with Crippen LogP contribution >= 0.6 is 0 Å². The van der Waals surface area contributed by atoms with E-state index in [1.54, 1.807) is 6.07 Å². The number of aryl methyl sites for hydroxylation is 1. The van der Waals surface area contributed by atoms with Crippen molar-refractivity contribution in [2.45, 2.75) is 19.9 Å². The average molecular weight is 218 g/mol. The minimum Gasteiger partial charge on any atom is -0.331 e. The molecule has 0 spiro atoms. The Morgan fingerprint density at radius 3 is 2.94 bits per heavy atom. The number of anilines is 1. The molecule has 3 nitrogen and oxygen atoms in total. The number of carbonyl (C=O) groups excluding carboxylic acids is 1. The van der Waals surface area contributed by atoms with Gasteiger partial charge in [0, 0.05) is 11.1 Å². The first-order valence-electron chi connectivity index (χ1n) is 5.20. The summed E-state index contributed by atoms with van der Waals surface area (Å²) in [5.74, 6) is -0.551. The maximum Gasteiger partial charge on any atom is 0.247 e. The summed E-state index contributed by atoms with van der Waals surface area (Å²) in [6.45, 7) is 3.74. The van der Waals surface area contributed by atoms with Crippen LogP contribution in [0.1, 0.15) is 18.7 Å². The standard InChI is InChI=1S/C12H11FN2O/c1-6-5-8-3-4-9(13)10-11(8)15(6)7(2)12(16)14-10/h3-5,7H,1-2H3,(H,14,16). The first-order chi connectivity index (χ1) is 7.59. The molecule has 1 N–H and O–H groups in total. The smallest absolute Gasteiger partial charge is 0.247 e. The summed E-state index contributed by atoms with van der Waals surface area (Å²) >= 11 is 0. The van der Waals surface area contributed by atoms with E-state index in [0.29, 0.717) is 5.69 Å². The Morgan fingerprint density at radius 2 is 2.19 bits per heavy atom. The Kier molecular flexibility index (Phi) is 1.67. The van der Waals surface area contributed by atoms with Crippen LogP contribution in [0.3, 0.4) is 0 Å². The van der Waals surface area contributed by atoms with Crippen molar-refractivity contribution in [1.82, 2.24) is 4.57 Å². The summed E-state index contributed by atoms with van der Waals surface area (Å²) in [7, 11) is 0. The Morgan fingerprint density at radius 1 is 1.44 bits per heavy atom. The van der Waals surface area contributed by atoms with E-state index in [1.165, 1.54) is 6.07 Å². The number of benzene rings is 1. The molecule has 1 amide bonds. The summed E-state index contributed by atoms with van der Waals surface area (Å²) in [6.07, 6.45) is 0. The summed E-state index contributed by atoms with van der Waals surface area (Å²) in [5, 5.41) is 3.58. The number of nitrogens with one attached hydrogen (secondary N) is 1. The lowest BCUT2D eigenvalue weighted by Crippen LogP contribution is -2.29. The van der Waals surface area contributed by atoms with Crippen molar-refractivity contribution in [3.8, 4) is 0 Å². The van der Waals surface area contributed by atoms with Crippen LogP contribution in [0.15, 0.2) is 18.2 Å². The third kappa shape index (κ3) is 0.988. The number of aromatic nitrogens is 1. The monoisotopic (exact) mass is 218 g/mol. The molecule has 2 heterocycles. The van der Waals surface area contributed by atoms with E-state index < -0.39 is 0 Å². The summed E-state index contributed by atoms with van der Waals surface area (Å²) in [6, 6.07) is 4.81. The van der Waals surface area contributed by atoms with E-state index in [1.807, 2.05) is 24.5 Å². The molecule has 0 saturated carbocycles. The first-order valence-corrected chi connectivity index (χ1v) is 5.20. The van der Waals surface area contributed by atoms with Gasteiger partial charge in [0.15, 0.2) is 0 Å². The number of hydrogen-bond acceptors (Lipinski definition) is 1. The van der Waals surface area contributed by atoms with Gasteiger partial charge in [-0.1, -0.05) is 0 Å². The zero-order valence-electron chi connectivity index (χ0n) is 9.04. The number of carbonyl (C=O) groups is 1. The highest BCUT2D eigenvalue weighted by Crippen LogP contribution is 2.35. The van der Waals surface area contributed by atoms with Crippen LogP contribution in [0.4, 0.5) is 10.1 Å². The number of nitrogens with zero attached hydrogens (tertiary/aromatic N) is 1. The van der Waals surface area contributed by atoms with E-state index in [4.69, 9.17) is 0 Å². The molecular formula is C12H11FN2O. The molecule has 0 saturated heterocycles. The zero-order chi connectivity index (χ0) is 11.4. The quantitative estimate of drug-likeness (QED) is 0.724. The molecule has 1 aliphatic rings. The topological polar surface area (TPSA) is 34.0 Å². The largest absolute Gasteiger partial charge is 0.331 e. The lowest BCUT2D eigenvalue weighted by Gasteiger charge is -2.24. The van der Waals surface area contributed by atoms with Crippen LogP contribution in [-0.4, -0.2) is 10.5 Å². The van der Waals surface area contributed by atoms with Crippen molar-refractivity contribution in [1.29, 1.82) is 0 Å². The van der Waals surface area contributed by atoms with E-state index >= 15 is 0 Å². The summed E-state index contributed by atoms with van der Waals surface area (Å²) < 4.78 is 15.5. The molecule has 0 aliphatic carbocycles. The van der Waals surface area contributed by atoms with Crippen LogP contribution in [0, 0.1) is 12.7 Å². The van der Waals surface area contributed by atoms with Gasteiger partial charge in [0.05, 0.1) is 5.52 Å². The van der Waals surface area contributed by atoms with Gasteiger partial charge in [-0.15, -0.1) is 0 Å². The zero-order valence-corrected chi connectivity index (χ0v) is 9.04. The molecule has 4 heteroatoms. The van der Waals surface area contributed by atoms with Crippen molar-refractivity contribution >= 4 is 22.5 Å². The van der Waals surface area contributed by atoms with Crippen molar-refractivity contribution in [2.75, 3.05) is 5.32 Å². The Balaban J connectivity index is 2.50. The Hall–Kier alpha value is -1.84. The Bertz CT molecular complexity index is 615. The molecule has 1 unspecified atom stereocenters. The van der Waals surface area contributed by atoms with Crippen molar-refractivity contribution in [3.05, 3.63) is 29.7 Å². The van der Waals surface area contributed by atoms with Crippen LogP contribution in [0.2, 0.25) is 0 Å². The maximum atomic E-state index is 13.6. The molecule has 3 rings (SSSR count). The van der Waals surface area contributed by atoms with Crippen LogP contribution in [0.5, 0.6) is 0 Å². The van der Waals surface area contributed by atoms with E-state index in [2.05, 4.69) is 5.32 Å². The highest BCUT2D eigenvalue weighted by Gasteiger charge is 2.27. The fourth-order valence-corrected chi connectivity index (χ4v) is 2.39. The molecule has 16 heavy (non-hydrogen) atoms. The fourth-order valence-electron chi connectivity index (χ4n) is 2.39.